The summed E-state index contributed by atoms with van der Waals surface area (Å²) in [7, 11) is 0. The average molecular weight is 371 g/mol. The molecular formula is C18H20Cl2O4. The van der Waals surface area contributed by atoms with Crippen molar-refractivity contribution in [1.82, 2.24) is 0 Å². The summed E-state index contributed by atoms with van der Waals surface area (Å²) in [6, 6.07) is 4.93. The van der Waals surface area contributed by atoms with Crippen molar-refractivity contribution < 1.29 is 19.1 Å². The topological polar surface area (TPSA) is 52.6 Å². The monoisotopic (exact) mass is 370 g/mol. The molecule has 1 aliphatic rings. The zero-order chi connectivity index (χ0) is 17.7. The largest absolute Gasteiger partial charge is 0.466 e. The molecule has 0 radical (unpaired) electrons. The van der Waals surface area contributed by atoms with Crippen LogP contribution in [-0.2, 0) is 25.5 Å². The van der Waals surface area contributed by atoms with Crippen molar-refractivity contribution in [3.05, 3.63) is 46.0 Å². The lowest BCUT2D eigenvalue weighted by atomic mass is 9.84. The van der Waals surface area contributed by atoms with Gasteiger partial charge in [0.15, 0.2) is 0 Å². The molecule has 1 aliphatic carbocycles. The predicted octanol–water partition coefficient (Wildman–Crippen LogP) is 4.37. The maximum Gasteiger partial charge on any atom is 0.312 e. The summed E-state index contributed by atoms with van der Waals surface area (Å²) in [5, 5.41) is 0.914. The second-order valence-electron chi connectivity index (χ2n) is 5.79. The summed E-state index contributed by atoms with van der Waals surface area (Å²) < 4.78 is 10.6. The number of halogens is 2. The number of rotatable bonds is 5. The van der Waals surface area contributed by atoms with Crippen LogP contribution >= 0.6 is 23.2 Å². The molecule has 0 heterocycles. The van der Waals surface area contributed by atoms with Gasteiger partial charge in [-0.05, 0) is 37.5 Å². The third-order valence-electron chi connectivity index (χ3n) is 3.97. The Morgan fingerprint density at radius 2 is 2.08 bits per heavy atom. The number of hydrogen-bond donors (Lipinski definition) is 0. The molecule has 2 rings (SSSR count). The summed E-state index contributed by atoms with van der Waals surface area (Å²) in [4.78, 5) is 24.3. The van der Waals surface area contributed by atoms with E-state index in [2.05, 4.69) is 6.58 Å². The van der Waals surface area contributed by atoms with E-state index in [-0.39, 0.29) is 12.4 Å². The first-order valence-electron chi connectivity index (χ1n) is 7.87. The number of ether oxygens (including phenoxy) is 2. The van der Waals surface area contributed by atoms with Gasteiger partial charge in [0.25, 0.3) is 0 Å². The molecule has 24 heavy (non-hydrogen) atoms. The first-order chi connectivity index (χ1) is 11.4. The van der Waals surface area contributed by atoms with E-state index in [1.54, 1.807) is 25.1 Å². The first-order valence-corrected chi connectivity index (χ1v) is 8.63. The summed E-state index contributed by atoms with van der Waals surface area (Å²) in [5.41, 5.74) is 1.60. The zero-order valence-electron chi connectivity index (χ0n) is 13.5. The van der Waals surface area contributed by atoms with E-state index >= 15 is 0 Å². The van der Waals surface area contributed by atoms with Gasteiger partial charge in [-0.25, -0.2) is 0 Å². The van der Waals surface area contributed by atoms with Crippen molar-refractivity contribution in [3.63, 3.8) is 0 Å². The van der Waals surface area contributed by atoms with Crippen LogP contribution in [-0.4, -0.2) is 24.6 Å². The molecule has 0 bridgehead atoms. The van der Waals surface area contributed by atoms with Crippen LogP contribution in [0, 0.1) is 5.92 Å². The molecule has 0 N–H and O–H groups in total. The Balaban J connectivity index is 2.03. The lowest BCUT2D eigenvalue weighted by molar-refractivity contribution is -0.162. The van der Waals surface area contributed by atoms with Gasteiger partial charge in [-0.1, -0.05) is 41.4 Å². The van der Waals surface area contributed by atoms with E-state index in [9.17, 15) is 9.59 Å². The predicted molar refractivity (Wildman–Crippen MR) is 93.2 cm³/mol. The summed E-state index contributed by atoms with van der Waals surface area (Å²) in [6.07, 6.45) is 1.28. The van der Waals surface area contributed by atoms with Crippen LogP contribution < -0.4 is 0 Å². The lowest BCUT2D eigenvalue weighted by Crippen LogP contribution is -2.37. The van der Waals surface area contributed by atoms with Gasteiger partial charge in [-0.2, -0.15) is 0 Å². The molecule has 0 amide bonds. The van der Waals surface area contributed by atoms with E-state index in [0.29, 0.717) is 35.1 Å². The molecule has 130 valence electrons. The number of carbonyl (C=O) groups is 2. The van der Waals surface area contributed by atoms with Crippen LogP contribution in [0.15, 0.2) is 30.4 Å². The van der Waals surface area contributed by atoms with Crippen LogP contribution in [0.3, 0.4) is 0 Å². The molecule has 2 unspecified atom stereocenters. The van der Waals surface area contributed by atoms with E-state index < -0.39 is 18.0 Å². The van der Waals surface area contributed by atoms with Gasteiger partial charge in [0, 0.05) is 16.5 Å². The van der Waals surface area contributed by atoms with E-state index in [4.69, 9.17) is 32.7 Å². The fourth-order valence-corrected chi connectivity index (χ4v) is 3.22. The van der Waals surface area contributed by atoms with Gasteiger partial charge in [0.2, 0.25) is 0 Å². The number of benzene rings is 1. The van der Waals surface area contributed by atoms with Gasteiger partial charge in [-0.3, -0.25) is 9.59 Å². The maximum atomic E-state index is 12.3. The molecule has 1 aromatic rings. The Bertz CT molecular complexity index is 642. The number of esters is 2. The van der Waals surface area contributed by atoms with Crippen molar-refractivity contribution in [2.24, 2.45) is 5.92 Å². The minimum atomic E-state index is -0.538. The molecule has 0 aromatic heterocycles. The zero-order valence-corrected chi connectivity index (χ0v) is 15.0. The molecule has 1 fully saturated rings. The number of carbonyl (C=O) groups excluding carboxylic acids is 2. The van der Waals surface area contributed by atoms with Crippen molar-refractivity contribution in [1.29, 1.82) is 0 Å². The fourth-order valence-electron chi connectivity index (χ4n) is 2.75. The van der Waals surface area contributed by atoms with Crippen LogP contribution in [0.4, 0.5) is 0 Å². The summed E-state index contributed by atoms with van der Waals surface area (Å²) in [5.74, 6) is -1.21. The van der Waals surface area contributed by atoms with Gasteiger partial charge < -0.3 is 9.47 Å². The van der Waals surface area contributed by atoms with E-state index in [0.717, 1.165) is 12.0 Å². The van der Waals surface area contributed by atoms with Crippen LogP contribution in [0.1, 0.15) is 31.7 Å². The highest BCUT2D eigenvalue weighted by molar-refractivity contribution is 6.35. The Labute approximate surface area is 151 Å². The van der Waals surface area contributed by atoms with Crippen molar-refractivity contribution in [2.75, 3.05) is 6.61 Å². The molecule has 0 aliphatic heterocycles. The lowest BCUT2D eigenvalue weighted by Gasteiger charge is -2.30. The van der Waals surface area contributed by atoms with Crippen LogP contribution in [0.2, 0.25) is 10.0 Å². The third-order valence-corrected chi connectivity index (χ3v) is 4.56. The molecule has 6 heteroatoms. The molecule has 0 spiro atoms. The van der Waals surface area contributed by atoms with Gasteiger partial charge in [0.1, 0.15) is 6.10 Å². The maximum absolute atomic E-state index is 12.3. The Kier molecular flexibility index (Phi) is 6.69. The molecule has 1 saturated carbocycles. The smallest absolute Gasteiger partial charge is 0.312 e. The summed E-state index contributed by atoms with van der Waals surface area (Å²) >= 11 is 11.9. The van der Waals surface area contributed by atoms with Crippen LogP contribution in [0.5, 0.6) is 0 Å². The highest BCUT2D eigenvalue weighted by Gasteiger charge is 2.36. The van der Waals surface area contributed by atoms with Crippen molar-refractivity contribution in [2.45, 2.75) is 38.7 Å². The second-order valence-corrected chi connectivity index (χ2v) is 6.64. The molecule has 1 aromatic carbocycles. The molecule has 0 saturated heterocycles. The Hall–Kier alpha value is -1.52. The molecular weight excluding hydrogens is 351 g/mol. The standard InChI is InChI=1S/C18H20Cl2O4/c1-3-23-18(22)14-7-4-11(2)8-16(14)24-17(21)9-12-5-6-13(19)10-15(12)20/h5-6,10,14,16H,2-4,7-9H2,1H3. The quantitative estimate of drug-likeness (QED) is 0.570. The van der Waals surface area contributed by atoms with Crippen molar-refractivity contribution in [3.8, 4) is 0 Å². The SMILES string of the molecule is C=C1CCC(C(=O)OCC)C(OC(=O)Cc2ccc(Cl)cc2Cl)C1. The second kappa shape index (κ2) is 8.54. The molecule has 2 atom stereocenters. The average Bonchev–Trinajstić information content (AvgIpc) is 2.50. The van der Waals surface area contributed by atoms with E-state index in [1.807, 2.05) is 0 Å². The minimum absolute atomic E-state index is 0.0223. The first kappa shape index (κ1) is 18.8. The highest BCUT2D eigenvalue weighted by Crippen LogP contribution is 2.31. The van der Waals surface area contributed by atoms with Gasteiger partial charge in [-0.15, -0.1) is 0 Å². The highest BCUT2D eigenvalue weighted by atomic mass is 35.5. The number of hydrogen-bond acceptors (Lipinski definition) is 4. The van der Waals surface area contributed by atoms with E-state index in [1.165, 1.54) is 0 Å². The van der Waals surface area contributed by atoms with Gasteiger partial charge in [0.05, 0.1) is 18.9 Å². The fraction of sp³-hybridized carbons (Fsp3) is 0.444. The summed E-state index contributed by atoms with van der Waals surface area (Å²) in [6.45, 7) is 6.00. The van der Waals surface area contributed by atoms with Crippen LogP contribution in [0.25, 0.3) is 0 Å². The van der Waals surface area contributed by atoms with Gasteiger partial charge >= 0.3 is 11.9 Å². The van der Waals surface area contributed by atoms with Crippen molar-refractivity contribution >= 4 is 35.1 Å². The third kappa shape index (κ3) is 4.99. The minimum Gasteiger partial charge on any atom is -0.466 e. The molecule has 4 nitrogen and oxygen atoms in total. The normalized spacial score (nSPS) is 20.5. The Morgan fingerprint density at radius 3 is 2.75 bits per heavy atom. The Morgan fingerprint density at radius 1 is 1.33 bits per heavy atom.